The van der Waals surface area contributed by atoms with Crippen molar-refractivity contribution >= 4 is 17.3 Å². The maximum Gasteiger partial charge on any atom is 0.416 e. The van der Waals surface area contributed by atoms with Crippen LogP contribution in [-0.2, 0) is 11.0 Å². The number of likely N-dealkylation sites (tertiary alicyclic amines) is 1. The van der Waals surface area contributed by atoms with E-state index < -0.39 is 22.4 Å². The van der Waals surface area contributed by atoms with Gasteiger partial charge >= 0.3 is 6.18 Å². The monoisotopic (exact) mass is 439 g/mol. The molecule has 2 heterocycles. The molecule has 0 N–H and O–H groups in total. The van der Waals surface area contributed by atoms with Crippen LogP contribution in [0, 0.1) is 22.0 Å². The molecule has 0 bridgehead atoms. The van der Waals surface area contributed by atoms with E-state index in [0.29, 0.717) is 44.0 Å². The van der Waals surface area contributed by atoms with E-state index in [9.17, 15) is 28.1 Å². The lowest BCUT2D eigenvalue weighted by atomic mass is 9.84. The van der Waals surface area contributed by atoms with Crippen molar-refractivity contribution in [2.45, 2.75) is 70.1 Å². The summed E-state index contributed by atoms with van der Waals surface area (Å²) in [7, 11) is 0. The zero-order valence-corrected chi connectivity index (χ0v) is 17.6. The van der Waals surface area contributed by atoms with Crippen LogP contribution in [0.25, 0.3) is 0 Å². The summed E-state index contributed by atoms with van der Waals surface area (Å²) in [6.07, 6.45) is 2.19. The SMILES string of the molecule is CC1CC2CCCCC2N1C(=O)C1CCN(c2ccc(C(F)(F)F)cc2[N+](=O)[O-])CC1. The summed E-state index contributed by atoms with van der Waals surface area (Å²) < 4.78 is 38.9. The first kappa shape index (κ1) is 21.9. The van der Waals surface area contributed by atoms with Crippen LogP contribution in [0.1, 0.15) is 57.4 Å². The summed E-state index contributed by atoms with van der Waals surface area (Å²) in [4.78, 5) is 27.8. The number of carbonyl (C=O) groups is 1. The Morgan fingerprint density at radius 1 is 1.13 bits per heavy atom. The van der Waals surface area contributed by atoms with Gasteiger partial charge in [0.1, 0.15) is 5.69 Å². The highest BCUT2D eigenvalue weighted by atomic mass is 19.4. The number of anilines is 1. The van der Waals surface area contributed by atoms with Crippen molar-refractivity contribution in [2.24, 2.45) is 11.8 Å². The topological polar surface area (TPSA) is 66.7 Å². The van der Waals surface area contributed by atoms with E-state index in [0.717, 1.165) is 25.3 Å². The van der Waals surface area contributed by atoms with Gasteiger partial charge in [-0.05, 0) is 57.1 Å². The molecule has 31 heavy (non-hydrogen) atoms. The first-order valence-corrected chi connectivity index (χ1v) is 11.1. The molecule has 0 spiro atoms. The number of halogens is 3. The van der Waals surface area contributed by atoms with Crippen molar-refractivity contribution in [3.05, 3.63) is 33.9 Å². The van der Waals surface area contributed by atoms with Crippen LogP contribution in [0.15, 0.2) is 18.2 Å². The quantitative estimate of drug-likeness (QED) is 0.491. The molecular weight excluding hydrogens is 411 g/mol. The average Bonchev–Trinajstić information content (AvgIpc) is 3.08. The number of hydrogen-bond acceptors (Lipinski definition) is 4. The molecule has 3 unspecified atom stereocenters. The Balaban J connectivity index is 1.45. The highest BCUT2D eigenvalue weighted by Gasteiger charge is 2.44. The standard InChI is InChI=1S/C22H28F3N3O3/c1-14-12-16-4-2-3-5-18(16)27(14)21(29)15-8-10-26(11-9-15)19-7-6-17(22(23,24)25)13-20(19)28(30)31/h6-7,13-16,18H,2-5,8-12H2,1H3. The fourth-order valence-corrected chi connectivity index (χ4v) is 5.78. The van der Waals surface area contributed by atoms with Gasteiger partial charge in [0, 0.05) is 37.2 Å². The van der Waals surface area contributed by atoms with E-state index in [1.54, 1.807) is 4.90 Å². The minimum Gasteiger partial charge on any atom is -0.366 e. The summed E-state index contributed by atoms with van der Waals surface area (Å²) in [5, 5.41) is 11.4. The minimum atomic E-state index is -4.63. The smallest absolute Gasteiger partial charge is 0.366 e. The van der Waals surface area contributed by atoms with Gasteiger partial charge in [0.15, 0.2) is 0 Å². The van der Waals surface area contributed by atoms with Gasteiger partial charge < -0.3 is 9.80 Å². The van der Waals surface area contributed by atoms with Crippen LogP contribution in [0.3, 0.4) is 0 Å². The maximum absolute atomic E-state index is 13.3. The van der Waals surface area contributed by atoms with Crippen molar-refractivity contribution in [2.75, 3.05) is 18.0 Å². The second-order valence-electron chi connectivity index (χ2n) is 9.16. The van der Waals surface area contributed by atoms with E-state index >= 15 is 0 Å². The molecule has 0 radical (unpaired) electrons. The van der Waals surface area contributed by atoms with Crippen molar-refractivity contribution in [1.82, 2.24) is 4.90 Å². The Morgan fingerprint density at radius 3 is 2.45 bits per heavy atom. The van der Waals surface area contributed by atoms with Gasteiger partial charge in [-0.15, -0.1) is 0 Å². The Morgan fingerprint density at radius 2 is 1.81 bits per heavy atom. The molecule has 1 aromatic carbocycles. The minimum absolute atomic E-state index is 0.132. The molecule has 1 aliphatic carbocycles. The third-order valence-electron chi connectivity index (χ3n) is 7.28. The molecule has 2 saturated heterocycles. The predicted molar refractivity (Wildman–Crippen MR) is 110 cm³/mol. The number of alkyl halides is 3. The molecule has 1 saturated carbocycles. The second-order valence-corrected chi connectivity index (χ2v) is 9.16. The third kappa shape index (κ3) is 4.23. The number of hydrogen-bond donors (Lipinski definition) is 0. The number of fused-ring (bicyclic) bond motifs is 1. The number of carbonyl (C=O) groups excluding carboxylic acids is 1. The lowest BCUT2D eigenvalue weighted by Gasteiger charge is -2.38. The van der Waals surface area contributed by atoms with Crippen LogP contribution in [0.5, 0.6) is 0 Å². The summed E-state index contributed by atoms with van der Waals surface area (Å²) in [6, 6.07) is 3.24. The van der Waals surface area contributed by atoms with Crippen molar-refractivity contribution < 1.29 is 22.9 Å². The Bertz CT molecular complexity index is 852. The summed E-state index contributed by atoms with van der Waals surface area (Å²) in [6.45, 7) is 2.95. The number of rotatable bonds is 3. The highest BCUT2D eigenvalue weighted by molar-refractivity contribution is 5.80. The molecule has 9 heteroatoms. The van der Waals surface area contributed by atoms with Gasteiger partial charge in [0.05, 0.1) is 10.5 Å². The van der Waals surface area contributed by atoms with E-state index in [4.69, 9.17) is 0 Å². The first-order valence-electron chi connectivity index (χ1n) is 11.1. The zero-order chi connectivity index (χ0) is 22.3. The number of nitro benzene ring substituents is 1. The normalized spacial score (nSPS) is 27.3. The number of nitro groups is 1. The fourth-order valence-electron chi connectivity index (χ4n) is 5.78. The number of piperidine rings is 1. The Labute approximate surface area is 179 Å². The summed E-state index contributed by atoms with van der Waals surface area (Å²) in [5.41, 5.74) is -1.39. The third-order valence-corrected chi connectivity index (χ3v) is 7.28. The molecule has 6 nitrogen and oxygen atoms in total. The van der Waals surface area contributed by atoms with Crippen LogP contribution < -0.4 is 4.90 Å². The summed E-state index contributed by atoms with van der Waals surface area (Å²) in [5.74, 6) is 0.652. The molecule has 0 aromatic heterocycles. The molecule has 1 amide bonds. The van der Waals surface area contributed by atoms with Gasteiger partial charge in [-0.1, -0.05) is 12.8 Å². The van der Waals surface area contributed by atoms with E-state index in [-0.39, 0.29) is 23.6 Å². The lowest BCUT2D eigenvalue weighted by Crippen LogP contribution is -2.48. The van der Waals surface area contributed by atoms with E-state index in [1.807, 2.05) is 0 Å². The van der Waals surface area contributed by atoms with Crippen molar-refractivity contribution in [1.29, 1.82) is 0 Å². The predicted octanol–water partition coefficient (Wildman–Crippen LogP) is 5.01. The van der Waals surface area contributed by atoms with E-state index in [2.05, 4.69) is 11.8 Å². The Kier molecular flexibility index (Phi) is 5.87. The van der Waals surface area contributed by atoms with Crippen molar-refractivity contribution in [3.8, 4) is 0 Å². The molecule has 1 aromatic rings. The molecule has 2 aliphatic heterocycles. The molecule has 4 rings (SSSR count). The van der Waals surface area contributed by atoms with Crippen LogP contribution in [0.4, 0.5) is 24.5 Å². The van der Waals surface area contributed by atoms with Gasteiger partial charge in [0.2, 0.25) is 5.91 Å². The Hall–Kier alpha value is -2.32. The fraction of sp³-hybridized carbons (Fsp3) is 0.682. The molecule has 170 valence electrons. The lowest BCUT2D eigenvalue weighted by molar-refractivity contribution is -0.384. The van der Waals surface area contributed by atoms with Crippen LogP contribution in [0.2, 0.25) is 0 Å². The maximum atomic E-state index is 13.3. The molecule has 3 aliphatic rings. The number of benzene rings is 1. The highest BCUT2D eigenvalue weighted by Crippen LogP contribution is 2.42. The average molecular weight is 439 g/mol. The largest absolute Gasteiger partial charge is 0.416 e. The second kappa shape index (κ2) is 8.31. The van der Waals surface area contributed by atoms with Crippen LogP contribution >= 0.6 is 0 Å². The molecule has 3 fully saturated rings. The van der Waals surface area contributed by atoms with Gasteiger partial charge in [-0.2, -0.15) is 13.2 Å². The van der Waals surface area contributed by atoms with Crippen molar-refractivity contribution in [3.63, 3.8) is 0 Å². The molecular formula is C22H28F3N3O3. The zero-order valence-electron chi connectivity index (χ0n) is 17.6. The van der Waals surface area contributed by atoms with Gasteiger partial charge in [0.25, 0.3) is 5.69 Å². The number of amides is 1. The first-order chi connectivity index (χ1) is 14.7. The van der Waals surface area contributed by atoms with Gasteiger partial charge in [-0.3, -0.25) is 14.9 Å². The summed E-state index contributed by atoms with van der Waals surface area (Å²) >= 11 is 0. The molecule has 3 atom stereocenters. The van der Waals surface area contributed by atoms with Gasteiger partial charge in [-0.25, -0.2) is 0 Å². The number of nitrogens with zero attached hydrogens (tertiary/aromatic N) is 3. The van der Waals surface area contributed by atoms with Crippen LogP contribution in [-0.4, -0.2) is 40.9 Å². The van der Waals surface area contributed by atoms with E-state index in [1.165, 1.54) is 18.9 Å².